The van der Waals surface area contributed by atoms with E-state index >= 15 is 0 Å². The third-order valence-corrected chi connectivity index (χ3v) is 3.93. The van der Waals surface area contributed by atoms with Gasteiger partial charge in [0.1, 0.15) is 0 Å². The van der Waals surface area contributed by atoms with Gasteiger partial charge >= 0.3 is 0 Å². The molecule has 118 valence electrons. The number of para-hydroxylation sites is 1. The summed E-state index contributed by atoms with van der Waals surface area (Å²) < 4.78 is 1.82. The molecule has 0 spiro atoms. The number of rotatable bonds is 6. The molecule has 0 aliphatic heterocycles. The third kappa shape index (κ3) is 3.87. The highest BCUT2D eigenvalue weighted by Gasteiger charge is 2.14. The molecule has 5 nitrogen and oxygen atoms in total. The monoisotopic (exact) mass is 300 g/mol. The van der Waals surface area contributed by atoms with Gasteiger partial charge < -0.3 is 10.6 Å². The number of carbonyl (C=O) groups is 1. The molecule has 0 radical (unpaired) electrons. The molecule has 1 amide bonds. The number of benzene rings is 1. The van der Waals surface area contributed by atoms with Crippen LogP contribution in [0.2, 0.25) is 0 Å². The highest BCUT2D eigenvalue weighted by Crippen LogP contribution is 2.16. The van der Waals surface area contributed by atoms with Crippen LogP contribution in [0.1, 0.15) is 36.2 Å². The molecule has 1 heterocycles. The summed E-state index contributed by atoms with van der Waals surface area (Å²) in [5.41, 5.74) is 4.39. The molecule has 1 aromatic carbocycles. The average molecular weight is 300 g/mol. The predicted molar refractivity (Wildman–Crippen MR) is 88.8 cm³/mol. The van der Waals surface area contributed by atoms with Crippen molar-refractivity contribution in [1.29, 1.82) is 0 Å². The van der Waals surface area contributed by atoms with Gasteiger partial charge in [-0.25, -0.2) is 0 Å². The highest BCUT2D eigenvalue weighted by molar-refractivity contribution is 5.77. The molecule has 2 aromatic rings. The molecule has 5 heteroatoms. The number of nitrogens with one attached hydrogen (secondary N) is 2. The minimum Gasteiger partial charge on any atom is -0.384 e. The van der Waals surface area contributed by atoms with E-state index in [9.17, 15) is 4.79 Å². The maximum atomic E-state index is 12.0. The van der Waals surface area contributed by atoms with Crippen LogP contribution >= 0.6 is 0 Å². The molecule has 2 rings (SSSR count). The maximum Gasteiger partial charge on any atom is 0.222 e. The van der Waals surface area contributed by atoms with Crippen LogP contribution in [0.4, 0.5) is 5.69 Å². The molecule has 1 aromatic heterocycles. The molecule has 0 aliphatic rings. The van der Waals surface area contributed by atoms with Gasteiger partial charge in [0.05, 0.1) is 12.2 Å². The van der Waals surface area contributed by atoms with Crippen LogP contribution in [0.15, 0.2) is 30.5 Å². The molecular formula is C17H24N4O. The quantitative estimate of drug-likeness (QED) is 0.862. The van der Waals surface area contributed by atoms with E-state index in [1.165, 1.54) is 5.56 Å². The highest BCUT2D eigenvalue weighted by atomic mass is 16.1. The number of aryl methyl sites for hydroxylation is 2. The van der Waals surface area contributed by atoms with E-state index in [2.05, 4.69) is 28.7 Å². The number of anilines is 1. The van der Waals surface area contributed by atoms with E-state index in [1.807, 2.05) is 50.0 Å². The van der Waals surface area contributed by atoms with Crippen LogP contribution in [0.25, 0.3) is 0 Å². The normalized spacial score (nSPS) is 12.0. The number of hydrogen-bond acceptors (Lipinski definition) is 3. The summed E-state index contributed by atoms with van der Waals surface area (Å²) in [4.78, 5) is 12.0. The minimum absolute atomic E-state index is 0.0281. The molecule has 0 saturated carbocycles. The van der Waals surface area contributed by atoms with Crippen molar-refractivity contribution in [3.63, 3.8) is 0 Å². The minimum atomic E-state index is -0.0281. The van der Waals surface area contributed by atoms with Crippen molar-refractivity contribution in [2.75, 3.05) is 11.9 Å². The van der Waals surface area contributed by atoms with Crippen LogP contribution in [0.5, 0.6) is 0 Å². The van der Waals surface area contributed by atoms with E-state index in [1.54, 1.807) is 0 Å². The van der Waals surface area contributed by atoms with E-state index < -0.39 is 0 Å². The summed E-state index contributed by atoms with van der Waals surface area (Å²) in [6, 6.07) is 8.04. The maximum absolute atomic E-state index is 12.0. The molecule has 0 unspecified atom stereocenters. The van der Waals surface area contributed by atoms with Gasteiger partial charge in [0.15, 0.2) is 0 Å². The molecule has 0 bridgehead atoms. The van der Waals surface area contributed by atoms with Crippen molar-refractivity contribution in [3.05, 3.63) is 47.3 Å². The van der Waals surface area contributed by atoms with E-state index in [0.717, 1.165) is 16.9 Å². The smallest absolute Gasteiger partial charge is 0.222 e. The van der Waals surface area contributed by atoms with Crippen molar-refractivity contribution in [1.82, 2.24) is 15.1 Å². The third-order valence-electron chi connectivity index (χ3n) is 3.93. The van der Waals surface area contributed by atoms with Crippen LogP contribution in [-0.2, 0) is 11.8 Å². The first kappa shape index (κ1) is 16.1. The zero-order chi connectivity index (χ0) is 16.1. The van der Waals surface area contributed by atoms with E-state index in [-0.39, 0.29) is 11.9 Å². The summed E-state index contributed by atoms with van der Waals surface area (Å²) >= 11 is 0. The zero-order valence-corrected chi connectivity index (χ0v) is 13.7. The van der Waals surface area contributed by atoms with Gasteiger partial charge in [0.25, 0.3) is 0 Å². The Morgan fingerprint density at radius 1 is 1.32 bits per heavy atom. The lowest BCUT2D eigenvalue weighted by atomic mass is 10.1. The standard InChI is InChI=1S/C17H24N4O/c1-12-7-5-6-8-16(12)18-10-9-17(22)20-13(2)15-11-19-21(4)14(15)3/h5-8,11,13,18H,9-10H2,1-4H3,(H,20,22)/t13-/m0/s1. The van der Waals surface area contributed by atoms with Crippen molar-refractivity contribution in [2.45, 2.75) is 33.2 Å². The summed E-state index contributed by atoms with van der Waals surface area (Å²) in [5, 5.41) is 10.5. The van der Waals surface area contributed by atoms with Gasteiger partial charge in [-0.3, -0.25) is 9.48 Å². The van der Waals surface area contributed by atoms with Crippen molar-refractivity contribution in [2.24, 2.45) is 7.05 Å². The van der Waals surface area contributed by atoms with Gasteiger partial charge in [-0.05, 0) is 32.4 Å². The fourth-order valence-electron chi connectivity index (χ4n) is 2.41. The molecule has 22 heavy (non-hydrogen) atoms. The van der Waals surface area contributed by atoms with E-state index in [0.29, 0.717) is 13.0 Å². The SMILES string of the molecule is Cc1ccccc1NCCC(=O)N[C@@H](C)c1cnn(C)c1C. The zero-order valence-electron chi connectivity index (χ0n) is 13.7. The van der Waals surface area contributed by atoms with Gasteiger partial charge in [-0.15, -0.1) is 0 Å². The molecule has 2 N–H and O–H groups in total. The largest absolute Gasteiger partial charge is 0.384 e. The first-order valence-corrected chi connectivity index (χ1v) is 7.56. The lowest BCUT2D eigenvalue weighted by molar-refractivity contribution is -0.121. The van der Waals surface area contributed by atoms with Crippen LogP contribution < -0.4 is 10.6 Å². The Morgan fingerprint density at radius 2 is 2.05 bits per heavy atom. The predicted octanol–water partition coefficient (Wildman–Crippen LogP) is 2.72. The Morgan fingerprint density at radius 3 is 2.68 bits per heavy atom. The number of hydrogen-bond donors (Lipinski definition) is 2. The van der Waals surface area contributed by atoms with Gasteiger partial charge in [0.2, 0.25) is 5.91 Å². The van der Waals surface area contributed by atoms with Crippen molar-refractivity contribution >= 4 is 11.6 Å². The summed E-state index contributed by atoms with van der Waals surface area (Å²) in [5.74, 6) is 0.0387. The number of carbonyl (C=O) groups excluding carboxylic acids is 1. The Labute approximate surface area is 131 Å². The lowest BCUT2D eigenvalue weighted by Crippen LogP contribution is -2.28. The van der Waals surface area contributed by atoms with Crippen LogP contribution in [0.3, 0.4) is 0 Å². The lowest BCUT2D eigenvalue weighted by Gasteiger charge is -2.14. The van der Waals surface area contributed by atoms with Gasteiger partial charge in [0, 0.05) is 37.0 Å². The van der Waals surface area contributed by atoms with Gasteiger partial charge in [-0.1, -0.05) is 18.2 Å². The molecular weight excluding hydrogens is 276 g/mol. The summed E-state index contributed by atoms with van der Waals surface area (Å²) in [6.07, 6.45) is 2.25. The second-order valence-corrected chi connectivity index (χ2v) is 5.59. The van der Waals surface area contributed by atoms with Crippen molar-refractivity contribution in [3.8, 4) is 0 Å². The molecule has 1 atom stereocenters. The number of amides is 1. The number of nitrogens with zero attached hydrogens (tertiary/aromatic N) is 2. The first-order valence-electron chi connectivity index (χ1n) is 7.56. The molecule has 0 fully saturated rings. The van der Waals surface area contributed by atoms with Crippen LogP contribution in [-0.4, -0.2) is 22.2 Å². The summed E-state index contributed by atoms with van der Waals surface area (Å²) in [7, 11) is 1.90. The average Bonchev–Trinajstić information content (AvgIpc) is 2.81. The van der Waals surface area contributed by atoms with E-state index in [4.69, 9.17) is 0 Å². The summed E-state index contributed by atoms with van der Waals surface area (Å²) in [6.45, 7) is 6.66. The molecule has 0 aliphatic carbocycles. The topological polar surface area (TPSA) is 59.0 Å². The van der Waals surface area contributed by atoms with Gasteiger partial charge in [-0.2, -0.15) is 5.10 Å². The Bertz CT molecular complexity index is 648. The van der Waals surface area contributed by atoms with Crippen molar-refractivity contribution < 1.29 is 4.79 Å². The van der Waals surface area contributed by atoms with Crippen LogP contribution in [0, 0.1) is 13.8 Å². The molecule has 0 saturated heterocycles. The Kier molecular flexibility index (Phi) is 5.20. The number of aromatic nitrogens is 2. The Balaban J connectivity index is 1.81. The first-order chi connectivity index (χ1) is 10.5. The Hall–Kier alpha value is -2.30. The second-order valence-electron chi connectivity index (χ2n) is 5.59. The second kappa shape index (κ2) is 7.11. The fourth-order valence-corrected chi connectivity index (χ4v) is 2.41. The fraction of sp³-hybridized carbons (Fsp3) is 0.412.